The van der Waals surface area contributed by atoms with Crippen LogP contribution in [0.2, 0.25) is 0 Å². The van der Waals surface area contributed by atoms with Crippen molar-refractivity contribution in [3.8, 4) is 5.75 Å². The van der Waals surface area contributed by atoms with Crippen LogP contribution in [-0.4, -0.2) is 14.9 Å². The highest BCUT2D eigenvalue weighted by Crippen LogP contribution is 2.16. The van der Waals surface area contributed by atoms with Crippen LogP contribution in [0.3, 0.4) is 0 Å². The highest BCUT2D eigenvalue weighted by Gasteiger charge is 2.07. The Bertz CT molecular complexity index is 461. The van der Waals surface area contributed by atoms with Crippen LogP contribution in [0.25, 0.3) is 0 Å². The molecule has 0 saturated carbocycles. The maximum Gasteiger partial charge on any atom is 0.115 e. The van der Waals surface area contributed by atoms with E-state index in [4.69, 9.17) is 5.73 Å². The molecule has 0 spiro atoms. The lowest BCUT2D eigenvalue weighted by molar-refractivity contribution is 0.474. The molecule has 2 rings (SSSR count). The predicted molar refractivity (Wildman–Crippen MR) is 62.0 cm³/mol. The van der Waals surface area contributed by atoms with Crippen LogP contribution in [0.5, 0.6) is 5.75 Å². The van der Waals surface area contributed by atoms with Crippen LogP contribution >= 0.6 is 0 Å². The van der Waals surface area contributed by atoms with E-state index in [1.165, 1.54) is 0 Å². The molecule has 1 aromatic heterocycles. The lowest BCUT2D eigenvalue weighted by atomic mass is 10.1. The molecule has 1 atom stereocenters. The maximum absolute atomic E-state index is 9.17. The zero-order valence-electron chi connectivity index (χ0n) is 9.17. The number of hydrogen-bond donors (Lipinski definition) is 2. The molecule has 0 saturated heterocycles. The van der Waals surface area contributed by atoms with Gasteiger partial charge in [0, 0.05) is 12.2 Å². The summed E-state index contributed by atoms with van der Waals surface area (Å²) < 4.78 is 1.83. The van der Waals surface area contributed by atoms with E-state index in [1.54, 1.807) is 12.1 Å². The number of phenols is 1. The van der Waals surface area contributed by atoms with Crippen molar-refractivity contribution in [2.24, 2.45) is 5.73 Å². The molecule has 84 valence electrons. The summed E-state index contributed by atoms with van der Waals surface area (Å²) in [5.74, 6) is 0.255. The number of aromatic nitrogens is 2. The van der Waals surface area contributed by atoms with Gasteiger partial charge in [-0.1, -0.05) is 12.1 Å². The van der Waals surface area contributed by atoms with E-state index >= 15 is 0 Å². The van der Waals surface area contributed by atoms with E-state index in [0.29, 0.717) is 6.54 Å². The molecule has 0 aliphatic rings. The molecule has 2 aromatic rings. The van der Waals surface area contributed by atoms with Crippen LogP contribution in [0.1, 0.15) is 17.2 Å². The van der Waals surface area contributed by atoms with E-state index in [1.807, 2.05) is 36.1 Å². The van der Waals surface area contributed by atoms with Crippen LogP contribution < -0.4 is 5.73 Å². The first-order valence-electron chi connectivity index (χ1n) is 5.19. The zero-order chi connectivity index (χ0) is 11.5. The Morgan fingerprint density at radius 3 is 2.62 bits per heavy atom. The molecule has 1 heterocycles. The fourth-order valence-electron chi connectivity index (χ4n) is 1.60. The summed E-state index contributed by atoms with van der Waals surface area (Å²) in [6.07, 6.45) is 3.77. The second kappa shape index (κ2) is 4.37. The lowest BCUT2D eigenvalue weighted by Crippen LogP contribution is -2.17. The van der Waals surface area contributed by atoms with Gasteiger partial charge >= 0.3 is 0 Å². The first-order chi connectivity index (χ1) is 7.65. The smallest absolute Gasteiger partial charge is 0.115 e. The van der Waals surface area contributed by atoms with Gasteiger partial charge in [-0.05, 0) is 30.2 Å². The minimum atomic E-state index is -0.111. The number of hydrogen-bond acceptors (Lipinski definition) is 3. The fourth-order valence-corrected chi connectivity index (χ4v) is 1.60. The van der Waals surface area contributed by atoms with Gasteiger partial charge in [0.15, 0.2) is 0 Å². The van der Waals surface area contributed by atoms with Gasteiger partial charge in [-0.3, -0.25) is 4.68 Å². The van der Waals surface area contributed by atoms with E-state index in [2.05, 4.69) is 5.10 Å². The minimum Gasteiger partial charge on any atom is -0.508 e. The average Bonchev–Trinajstić information content (AvgIpc) is 2.65. The van der Waals surface area contributed by atoms with Crippen LogP contribution in [0, 0.1) is 6.92 Å². The summed E-state index contributed by atoms with van der Waals surface area (Å²) in [6, 6.07) is 6.83. The molecule has 0 aliphatic carbocycles. The maximum atomic E-state index is 9.17. The van der Waals surface area contributed by atoms with Crippen LogP contribution in [-0.2, 0) is 6.54 Å². The van der Waals surface area contributed by atoms with E-state index in [-0.39, 0.29) is 11.8 Å². The molecule has 1 aromatic carbocycles. The Balaban J connectivity index is 2.08. The number of aryl methyl sites for hydroxylation is 1. The molecule has 0 radical (unpaired) electrons. The third kappa shape index (κ3) is 2.41. The summed E-state index contributed by atoms with van der Waals surface area (Å²) in [4.78, 5) is 0. The van der Waals surface area contributed by atoms with Crippen molar-refractivity contribution in [1.29, 1.82) is 0 Å². The quantitative estimate of drug-likeness (QED) is 0.820. The Morgan fingerprint density at radius 1 is 1.38 bits per heavy atom. The summed E-state index contributed by atoms with van der Waals surface area (Å²) in [7, 11) is 0. The number of rotatable bonds is 3. The van der Waals surface area contributed by atoms with Crippen LogP contribution in [0.4, 0.5) is 0 Å². The fraction of sp³-hybridized carbons (Fsp3) is 0.250. The molecule has 0 fully saturated rings. The number of benzene rings is 1. The third-order valence-corrected chi connectivity index (χ3v) is 2.47. The third-order valence-electron chi connectivity index (χ3n) is 2.47. The predicted octanol–water partition coefficient (Wildman–Crippen LogP) is 1.60. The second-order valence-corrected chi connectivity index (χ2v) is 3.94. The van der Waals surface area contributed by atoms with Crippen molar-refractivity contribution >= 4 is 0 Å². The van der Waals surface area contributed by atoms with Gasteiger partial charge in [-0.25, -0.2) is 0 Å². The largest absolute Gasteiger partial charge is 0.508 e. The van der Waals surface area contributed by atoms with Crippen molar-refractivity contribution in [2.45, 2.75) is 19.5 Å². The molecule has 0 amide bonds. The molecule has 4 heteroatoms. The lowest BCUT2D eigenvalue weighted by Gasteiger charge is -2.12. The highest BCUT2D eigenvalue weighted by molar-refractivity contribution is 5.27. The van der Waals surface area contributed by atoms with Gasteiger partial charge in [0.1, 0.15) is 5.75 Å². The molecule has 16 heavy (non-hydrogen) atoms. The zero-order valence-corrected chi connectivity index (χ0v) is 9.17. The van der Waals surface area contributed by atoms with Gasteiger partial charge < -0.3 is 10.8 Å². The monoisotopic (exact) mass is 217 g/mol. The van der Waals surface area contributed by atoms with Crippen molar-refractivity contribution in [3.05, 3.63) is 47.8 Å². The first kappa shape index (κ1) is 10.7. The summed E-state index contributed by atoms with van der Waals surface area (Å²) >= 11 is 0. The van der Waals surface area contributed by atoms with Crippen LogP contribution in [0.15, 0.2) is 36.7 Å². The Morgan fingerprint density at radius 2 is 2.06 bits per heavy atom. The SMILES string of the molecule is Cc1cnn(CC(N)c2ccc(O)cc2)c1. The average molecular weight is 217 g/mol. The molecule has 0 bridgehead atoms. The minimum absolute atomic E-state index is 0.111. The molecular weight excluding hydrogens is 202 g/mol. The second-order valence-electron chi connectivity index (χ2n) is 3.94. The number of nitrogens with two attached hydrogens (primary N) is 1. The molecule has 4 nitrogen and oxygen atoms in total. The molecule has 1 unspecified atom stereocenters. The Kier molecular flexibility index (Phi) is 2.92. The van der Waals surface area contributed by atoms with Crippen molar-refractivity contribution in [3.63, 3.8) is 0 Å². The Labute approximate surface area is 94.3 Å². The first-order valence-corrected chi connectivity index (χ1v) is 5.19. The summed E-state index contributed by atoms with van der Waals surface area (Å²) in [6.45, 7) is 2.63. The van der Waals surface area contributed by atoms with Crippen molar-refractivity contribution in [2.75, 3.05) is 0 Å². The van der Waals surface area contributed by atoms with Gasteiger partial charge in [0.2, 0.25) is 0 Å². The van der Waals surface area contributed by atoms with Gasteiger partial charge in [0.25, 0.3) is 0 Å². The van der Waals surface area contributed by atoms with E-state index in [0.717, 1.165) is 11.1 Å². The van der Waals surface area contributed by atoms with Crippen molar-refractivity contribution < 1.29 is 5.11 Å². The van der Waals surface area contributed by atoms with E-state index in [9.17, 15) is 5.11 Å². The Hall–Kier alpha value is -1.81. The highest BCUT2D eigenvalue weighted by atomic mass is 16.3. The topological polar surface area (TPSA) is 64.1 Å². The normalized spacial score (nSPS) is 12.6. The molecule has 3 N–H and O–H groups in total. The van der Waals surface area contributed by atoms with E-state index < -0.39 is 0 Å². The summed E-state index contributed by atoms with van der Waals surface area (Å²) in [5.41, 5.74) is 8.16. The molecule has 0 aliphatic heterocycles. The van der Waals surface area contributed by atoms with Crippen molar-refractivity contribution in [1.82, 2.24) is 9.78 Å². The van der Waals surface area contributed by atoms with Gasteiger partial charge in [-0.2, -0.15) is 5.10 Å². The number of aromatic hydroxyl groups is 1. The summed E-state index contributed by atoms with van der Waals surface area (Å²) in [5, 5.41) is 13.4. The standard InChI is InChI=1S/C12H15N3O/c1-9-6-14-15(7-9)8-12(13)10-2-4-11(16)5-3-10/h2-7,12,16H,8,13H2,1H3. The molecular formula is C12H15N3O. The number of phenolic OH excluding ortho intramolecular Hbond substituents is 1. The van der Waals surface area contributed by atoms with Gasteiger partial charge in [-0.15, -0.1) is 0 Å². The van der Waals surface area contributed by atoms with Gasteiger partial charge in [0.05, 0.1) is 12.7 Å². The number of nitrogens with zero attached hydrogens (tertiary/aromatic N) is 2.